The molecule has 0 bridgehead atoms. The maximum Gasteiger partial charge on any atom is 0.243 e. The zero-order valence-electron chi connectivity index (χ0n) is 25.8. The Hall–Kier alpha value is -4.47. The van der Waals surface area contributed by atoms with Gasteiger partial charge in [-0.15, -0.1) is 0 Å². The summed E-state index contributed by atoms with van der Waals surface area (Å²) in [5.74, 6) is 0.402. The fourth-order valence-corrected chi connectivity index (χ4v) is 6.12. The van der Waals surface area contributed by atoms with Crippen LogP contribution in [-0.2, 0) is 45.4 Å². The van der Waals surface area contributed by atoms with Gasteiger partial charge in [-0.2, -0.15) is 0 Å². The van der Waals surface area contributed by atoms with E-state index in [9.17, 15) is 18.0 Å². The van der Waals surface area contributed by atoms with Crippen LogP contribution in [0.3, 0.4) is 0 Å². The first kappa shape index (κ1) is 33.4. The van der Waals surface area contributed by atoms with Crippen molar-refractivity contribution in [2.75, 3.05) is 20.2 Å². The van der Waals surface area contributed by atoms with Gasteiger partial charge in [-0.25, -0.2) is 13.1 Å². The number of ether oxygens (including phenoxy) is 1. The minimum atomic E-state index is -3.56. The highest BCUT2D eigenvalue weighted by atomic mass is 32.2. The van der Waals surface area contributed by atoms with Gasteiger partial charge in [0.25, 0.3) is 0 Å². The SMILES string of the molecule is CCNS(=O)(=O)c1ccc(CCC(=O)N(Cc2ccccc2)[C@H](Cc2ccccc2)C(=O)NCCc2ccc(OC)cc2)cc1. The van der Waals surface area contributed by atoms with Crippen molar-refractivity contribution in [2.24, 2.45) is 0 Å². The summed E-state index contributed by atoms with van der Waals surface area (Å²) in [7, 11) is -1.94. The molecule has 0 unspecified atom stereocenters. The molecule has 0 aliphatic carbocycles. The van der Waals surface area contributed by atoms with E-state index in [1.807, 2.05) is 84.9 Å². The molecule has 0 radical (unpaired) electrons. The van der Waals surface area contributed by atoms with Crippen molar-refractivity contribution in [2.45, 2.75) is 50.1 Å². The molecule has 0 saturated heterocycles. The summed E-state index contributed by atoms with van der Waals surface area (Å²) >= 11 is 0. The van der Waals surface area contributed by atoms with Crippen LogP contribution in [0.4, 0.5) is 0 Å². The fourth-order valence-electron chi connectivity index (χ4n) is 5.08. The van der Waals surface area contributed by atoms with Gasteiger partial charge in [-0.05, 0) is 59.4 Å². The van der Waals surface area contributed by atoms with Crippen molar-refractivity contribution in [1.82, 2.24) is 14.9 Å². The van der Waals surface area contributed by atoms with Gasteiger partial charge >= 0.3 is 0 Å². The molecule has 0 aliphatic heterocycles. The summed E-state index contributed by atoms with van der Waals surface area (Å²) in [4.78, 5) is 29.7. The third kappa shape index (κ3) is 10.0. The van der Waals surface area contributed by atoms with E-state index in [0.29, 0.717) is 32.4 Å². The molecule has 0 heterocycles. The Morgan fingerprint density at radius 3 is 1.93 bits per heavy atom. The first-order valence-corrected chi connectivity index (χ1v) is 16.6. The molecule has 4 aromatic rings. The van der Waals surface area contributed by atoms with Crippen molar-refractivity contribution in [1.29, 1.82) is 0 Å². The molecule has 9 heteroatoms. The molecule has 0 aromatic heterocycles. The van der Waals surface area contributed by atoms with E-state index in [-0.39, 0.29) is 29.7 Å². The minimum absolute atomic E-state index is 0.158. The van der Waals surface area contributed by atoms with Gasteiger partial charge in [-0.3, -0.25) is 9.59 Å². The minimum Gasteiger partial charge on any atom is -0.497 e. The van der Waals surface area contributed by atoms with Crippen molar-refractivity contribution in [3.05, 3.63) is 131 Å². The third-order valence-corrected chi connectivity index (χ3v) is 9.10. The second-order valence-corrected chi connectivity index (χ2v) is 12.5. The van der Waals surface area contributed by atoms with Gasteiger partial charge in [0.2, 0.25) is 21.8 Å². The van der Waals surface area contributed by atoms with Crippen LogP contribution in [0.5, 0.6) is 5.75 Å². The van der Waals surface area contributed by atoms with Crippen LogP contribution in [0.25, 0.3) is 0 Å². The summed E-state index contributed by atoms with van der Waals surface area (Å²) in [6.45, 7) is 2.73. The monoisotopic (exact) mass is 627 g/mol. The van der Waals surface area contributed by atoms with Gasteiger partial charge in [-0.1, -0.05) is 91.9 Å². The number of amides is 2. The quantitative estimate of drug-likeness (QED) is 0.184. The zero-order chi connectivity index (χ0) is 32.1. The number of benzene rings is 4. The standard InChI is InChI=1S/C36H41N3O5S/c1-3-38-45(42,43)33-21-16-28(17-22-33)18-23-35(40)39(27-31-12-8-5-9-13-31)34(26-30-10-6-4-7-11-30)36(41)37-25-24-29-14-19-32(44-2)20-15-29/h4-17,19-22,34,38H,3,18,23-27H2,1-2H3,(H,37,41)/t34-/m1/s1. The van der Waals surface area contributed by atoms with E-state index in [1.165, 1.54) is 0 Å². The lowest BCUT2D eigenvalue weighted by Gasteiger charge is -2.31. The number of nitrogens with zero attached hydrogens (tertiary/aromatic N) is 1. The lowest BCUT2D eigenvalue weighted by molar-refractivity contribution is -0.141. The van der Waals surface area contributed by atoms with E-state index in [1.54, 1.807) is 43.2 Å². The molecule has 8 nitrogen and oxygen atoms in total. The number of nitrogens with one attached hydrogen (secondary N) is 2. The zero-order valence-corrected chi connectivity index (χ0v) is 26.6. The smallest absolute Gasteiger partial charge is 0.243 e. The number of hydrogen-bond donors (Lipinski definition) is 2. The number of rotatable bonds is 16. The summed E-state index contributed by atoms with van der Waals surface area (Å²) in [6.07, 6.45) is 1.57. The highest BCUT2D eigenvalue weighted by molar-refractivity contribution is 7.89. The summed E-state index contributed by atoms with van der Waals surface area (Å²) in [5.41, 5.74) is 3.78. The topological polar surface area (TPSA) is 105 Å². The number of aryl methyl sites for hydroxylation is 1. The van der Waals surface area contributed by atoms with Crippen molar-refractivity contribution in [3.8, 4) is 5.75 Å². The second-order valence-electron chi connectivity index (χ2n) is 10.7. The predicted octanol–water partition coefficient (Wildman–Crippen LogP) is 4.93. The molecule has 236 valence electrons. The Morgan fingerprint density at radius 2 is 1.33 bits per heavy atom. The van der Waals surface area contributed by atoms with Crippen LogP contribution in [-0.4, -0.2) is 51.4 Å². The summed E-state index contributed by atoms with van der Waals surface area (Å²) in [6, 6.07) is 32.9. The fraction of sp³-hybridized carbons (Fsp3) is 0.278. The van der Waals surface area contributed by atoms with Crippen molar-refractivity contribution >= 4 is 21.8 Å². The maximum atomic E-state index is 14.0. The van der Waals surface area contributed by atoms with Crippen LogP contribution in [0.15, 0.2) is 114 Å². The van der Waals surface area contributed by atoms with Gasteiger partial charge in [0.05, 0.1) is 12.0 Å². The first-order chi connectivity index (χ1) is 21.8. The Morgan fingerprint density at radius 1 is 0.756 bits per heavy atom. The Balaban J connectivity index is 1.53. The molecule has 0 aliphatic rings. The number of sulfonamides is 1. The van der Waals surface area contributed by atoms with E-state index >= 15 is 0 Å². The second kappa shape index (κ2) is 16.6. The molecular weight excluding hydrogens is 586 g/mol. The molecule has 0 saturated carbocycles. The van der Waals surface area contributed by atoms with Crippen LogP contribution in [0, 0.1) is 0 Å². The molecule has 2 N–H and O–H groups in total. The molecule has 45 heavy (non-hydrogen) atoms. The van der Waals surface area contributed by atoms with Crippen LogP contribution in [0.1, 0.15) is 35.6 Å². The number of carbonyl (C=O) groups is 2. The Labute approximate surface area is 266 Å². The summed E-state index contributed by atoms with van der Waals surface area (Å²) < 4.78 is 32.4. The number of hydrogen-bond acceptors (Lipinski definition) is 5. The maximum absolute atomic E-state index is 14.0. The van der Waals surface area contributed by atoms with Gasteiger partial charge < -0.3 is 15.0 Å². The molecule has 2 amide bonds. The molecule has 0 spiro atoms. The predicted molar refractivity (Wildman–Crippen MR) is 176 cm³/mol. The van der Waals surface area contributed by atoms with Gasteiger partial charge in [0, 0.05) is 32.5 Å². The average molecular weight is 628 g/mol. The van der Waals surface area contributed by atoms with Crippen LogP contribution < -0.4 is 14.8 Å². The Kier molecular flexibility index (Phi) is 12.3. The van der Waals surface area contributed by atoms with Gasteiger partial charge in [0.1, 0.15) is 11.8 Å². The molecular formula is C36H41N3O5S. The number of carbonyl (C=O) groups excluding carboxylic acids is 2. The van der Waals surface area contributed by atoms with Crippen molar-refractivity contribution in [3.63, 3.8) is 0 Å². The van der Waals surface area contributed by atoms with E-state index in [0.717, 1.165) is 28.0 Å². The van der Waals surface area contributed by atoms with Crippen LogP contribution >= 0.6 is 0 Å². The van der Waals surface area contributed by atoms with Gasteiger partial charge in [0.15, 0.2) is 0 Å². The van der Waals surface area contributed by atoms with E-state index < -0.39 is 16.1 Å². The molecule has 4 rings (SSSR count). The third-order valence-electron chi connectivity index (χ3n) is 7.53. The number of methoxy groups -OCH3 is 1. The first-order valence-electron chi connectivity index (χ1n) is 15.2. The van der Waals surface area contributed by atoms with E-state index in [2.05, 4.69) is 10.0 Å². The lowest BCUT2D eigenvalue weighted by Crippen LogP contribution is -2.50. The molecule has 1 atom stereocenters. The molecule has 4 aromatic carbocycles. The van der Waals surface area contributed by atoms with E-state index in [4.69, 9.17) is 4.74 Å². The highest BCUT2D eigenvalue weighted by Gasteiger charge is 2.30. The average Bonchev–Trinajstić information content (AvgIpc) is 3.06. The van der Waals surface area contributed by atoms with Crippen molar-refractivity contribution < 1.29 is 22.7 Å². The lowest BCUT2D eigenvalue weighted by atomic mass is 10.0. The Bertz CT molecular complexity index is 1610. The normalized spacial score (nSPS) is 11.9. The largest absolute Gasteiger partial charge is 0.497 e. The summed E-state index contributed by atoms with van der Waals surface area (Å²) in [5, 5.41) is 3.08. The van der Waals surface area contributed by atoms with Crippen LogP contribution in [0.2, 0.25) is 0 Å². The highest BCUT2D eigenvalue weighted by Crippen LogP contribution is 2.18. The molecule has 0 fully saturated rings.